The second kappa shape index (κ2) is 4.74. The maximum Gasteiger partial charge on any atom is 0.366 e. The van der Waals surface area contributed by atoms with Crippen molar-refractivity contribution in [3.05, 3.63) is 11.9 Å². The molecule has 6 heteroatoms. The minimum absolute atomic E-state index is 0.0582. The number of hydrogen-bond donors (Lipinski definition) is 0. The van der Waals surface area contributed by atoms with Crippen LogP contribution < -0.4 is 0 Å². The van der Waals surface area contributed by atoms with Gasteiger partial charge < -0.3 is 4.74 Å². The zero-order valence-electron chi connectivity index (χ0n) is 8.40. The van der Waals surface area contributed by atoms with E-state index in [2.05, 4.69) is 4.74 Å². The summed E-state index contributed by atoms with van der Waals surface area (Å²) in [5, 5.41) is 0. The lowest BCUT2D eigenvalue weighted by Gasteiger charge is -2.18. The molecule has 1 heterocycles. The summed E-state index contributed by atoms with van der Waals surface area (Å²) in [7, 11) is -1.85. The predicted molar refractivity (Wildman–Crippen MR) is 52.6 cm³/mol. The van der Waals surface area contributed by atoms with Gasteiger partial charge in [0.1, 0.15) is 9.84 Å². The highest BCUT2D eigenvalue weighted by Crippen LogP contribution is 2.21. The molecule has 1 rings (SSSR count). The van der Waals surface area contributed by atoms with Gasteiger partial charge in [-0.2, -0.15) is 4.39 Å². The lowest BCUT2D eigenvalue weighted by molar-refractivity contribution is -0.137. The standard InChI is InChI=1S/C9H13FO4S/c1-14-9(11)8(10)6-7-2-4-15(12,13)5-3-7/h6-7H,2-5H2,1H3/b8-6-. The number of carbonyl (C=O) groups excluding carboxylic acids is 1. The molecule has 0 aliphatic carbocycles. The molecule has 0 bridgehead atoms. The van der Waals surface area contributed by atoms with Crippen LogP contribution in [0.1, 0.15) is 12.8 Å². The molecule has 1 saturated heterocycles. The minimum atomic E-state index is -2.95. The summed E-state index contributed by atoms with van der Waals surface area (Å²) in [4.78, 5) is 10.7. The molecule has 0 radical (unpaired) electrons. The van der Waals surface area contributed by atoms with E-state index in [0.717, 1.165) is 13.2 Å². The minimum Gasteiger partial charge on any atom is -0.464 e. The van der Waals surface area contributed by atoms with Gasteiger partial charge in [-0.3, -0.25) is 0 Å². The van der Waals surface area contributed by atoms with Crippen LogP contribution in [-0.2, 0) is 19.4 Å². The Kier molecular flexibility index (Phi) is 3.84. The van der Waals surface area contributed by atoms with Crippen LogP contribution in [0.4, 0.5) is 4.39 Å². The molecule has 4 nitrogen and oxygen atoms in total. The monoisotopic (exact) mass is 236 g/mol. The van der Waals surface area contributed by atoms with Crippen LogP contribution in [0.3, 0.4) is 0 Å². The molecule has 0 spiro atoms. The third-order valence-corrected chi connectivity index (χ3v) is 4.08. The van der Waals surface area contributed by atoms with Crippen molar-refractivity contribution in [2.45, 2.75) is 12.8 Å². The molecule has 0 unspecified atom stereocenters. The number of halogens is 1. The van der Waals surface area contributed by atoms with Crippen molar-refractivity contribution in [2.24, 2.45) is 5.92 Å². The van der Waals surface area contributed by atoms with Crippen LogP contribution in [0, 0.1) is 5.92 Å². The number of rotatable bonds is 2. The van der Waals surface area contributed by atoms with Crippen molar-refractivity contribution >= 4 is 15.8 Å². The summed E-state index contributed by atoms with van der Waals surface area (Å²) in [6.07, 6.45) is 1.89. The molecule has 0 amide bonds. The van der Waals surface area contributed by atoms with E-state index in [4.69, 9.17) is 0 Å². The summed E-state index contributed by atoms with van der Waals surface area (Å²) in [6, 6.07) is 0. The molecular formula is C9H13FO4S. The van der Waals surface area contributed by atoms with E-state index < -0.39 is 21.6 Å². The van der Waals surface area contributed by atoms with Crippen LogP contribution in [0.15, 0.2) is 11.9 Å². The normalized spacial score (nSPS) is 22.4. The Bertz CT molecular complexity index is 358. The van der Waals surface area contributed by atoms with E-state index in [0.29, 0.717) is 12.8 Å². The first kappa shape index (κ1) is 12.2. The van der Waals surface area contributed by atoms with E-state index in [-0.39, 0.29) is 17.4 Å². The first-order valence-corrected chi connectivity index (χ1v) is 6.43. The van der Waals surface area contributed by atoms with Gasteiger partial charge >= 0.3 is 5.97 Å². The molecule has 1 aliphatic heterocycles. The molecule has 1 fully saturated rings. The van der Waals surface area contributed by atoms with Gasteiger partial charge in [0.25, 0.3) is 0 Å². The lowest BCUT2D eigenvalue weighted by atomic mass is 10.0. The first-order chi connectivity index (χ1) is 6.94. The largest absolute Gasteiger partial charge is 0.464 e. The maximum atomic E-state index is 13.0. The first-order valence-electron chi connectivity index (χ1n) is 4.60. The molecular weight excluding hydrogens is 223 g/mol. The number of hydrogen-bond acceptors (Lipinski definition) is 4. The van der Waals surface area contributed by atoms with Gasteiger partial charge in [-0.05, 0) is 24.8 Å². The molecule has 0 aromatic carbocycles. The molecule has 0 N–H and O–H groups in total. The smallest absolute Gasteiger partial charge is 0.366 e. The van der Waals surface area contributed by atoms with Gasteiger partial charge in [-0.15, -0.1) is 0 Å². The average Bonchev–Trinajstić information content (AvgIpc) is 2.20. The number of ether oxygens (including phenoxy) is 1. The van der Waals surface area contributed by atoms with Gasteiger partial charge in [-0.1, -0.05) is 0 Å². The summed E-state index contributed by atoms with van der Waals surface area (Å²) in [6.45, 7) is 0. The SMILES string of the molecule is COC(=O)/C(F)=C/C1CCS(=O)(=O)CC1. The fourth-order valence-corrected chi connectivity index (χ4v) is 2.98. The zero-order chi connectivity index (χ0) is 11.5. The van der Waals surface area contributed by atoms with Crippen LogP contribution in [0.25, 0.3) is 0 Å². The number of esters is 1. The van der Waals surface area contributed by atoms with Crippen LogP contribution in [0.5, 0.6) is 0 Å². The van der Waals surface area contributed by atoms with Gasteiger partial charge in [-0.25, -0.2) is 13.2 Å². The summed E-state index contributed by atoms with van der Waals surface area (Å²) >= 11 is 0. The summed E-state index contributed by atoms with van der Waals surface area (Å²) in [5.41, 5.74) is 0. The van der Waals surface area contributed by atoms with E-state index in [1.807, 2.05) is 0 Å². The van der Waals surface area contributed by atoms with Crippen LogP contribution in [-0.4, -0.2) is 33.0 Å². The Labute approximate surface area is 88.0 Å². The maximum absolute atomic E-state index is 13.0. The van der Waals surface area contributed by atoms with E-state index >= 15 is 0 Å². The number of methoxy groups -OCH3 is 1. The van der Waals surface area contributed by atoms with Crippen molar-refractivity contribution < 1.29 is 22.3 Å². The van der Waals surface area contributed by atoms with Crippen LogP contribution in [0.2, 0.25) is 0 Å². The average molecular weight is 236 g/mol. The van der Waals surface area contributed by atoms with Gasteiger partial charge in [0.05, 0.1) is 18.6 Å². The molecule has 0 saturated carbocycles. The second-order valence-corrected chi connectivity index (χ2v) is 5.80. The Morgan fingerprint density at radius 1 is 1.40 bits per heavy atom. The molecule has 15 heavy (non-hydrogen) atoms. The second-order valence-electron chi connectivity index (χ2n) is 3.50. The molecule has 0 aromatic heterocycles. The highest BCUT2D eigenvalue weighted by molar-refractivity contribution is 7.91. The Morgan fingerprint density at radius 2 is 1.93 bits per heavy atom. The number of carbonyl (C=O) groups is 1. The highest BCUT2D eigenvalue weighted by atomic mass is 32.2. The molecule has 86 valence electrons. The van der Waals surface area contributed by atoms with Gasteiger partial charge in [0.2, 0.25) is 5.83 Å². The van der Waals surface area contributed by atoms with Gasteiger partial charge in [0.15, 0.2) is 0 Å². The van der Waals surface area contributed by atoms with E-state index in [1.165, 1.54) is 0 Å². The van der Waals surface area contributed by atoms with Crippen LogP contribution >= 0.6 is 0 Å². The number of sulfone groups is 1. The molecule has 0 atom stereocenters. The van der Waals surface area contributed by atoms with Crippen molar-refractivity contribution in [3.8, 4) is 0 Å². The quantitative estimate of drug-likeness (QED) is 0.526. The molecule has 0 aromatic rings. The fourth-order valence-electron chi connectivity index (χ4n) is 1.45. The van der Waals surface area contributed by atoms with E-state index in [1.54, 1.807) is 0 Å². The van der Waals surface area contributed by atoms with Gasteiger partial charge in [0, 0.05) is 0 Å². The van der Waals surface area contributed by atoms with E-state index in [9.17, 15) is 17.6 Å². The Hall–Kier alpha value is -0.910. The van der Waals surface area contributed by atoms with Crippen molar-refractivity contribution in [3.63, 3.8) is 0 Å². The topological polar surface area (TPSA) is 60.4 Å². The Morgan fingerprint density at radius 3 is 2.40 bits per heavy atom. The highest BCUT2D eigenvalue weighted by Gasteiger charge is 2.23. The summed E-state index contributed by atoms with van der Waals surface area (Å²) in [5.74, 6) is -2.02. The fraction of sp³-hybridized carbons (Fsp3) is 0.667. The third-order valence-electron chi connectivity index (χ3n) is 2.36. The van der Waals surface area contributed by atoms with Crippen molar-refractivity contribution in [2.75, 3.05) is 18.6 Å². The summed E-state index contributed by atoms with van der Waals surface area (Å²) < 4.78 is 39.3. The molecule has 1 aliphatic rings. The predicted octanol–water partition coefficient (Wildman–Crippen LogP) is 0.838. The number of allylic oxidation sites excluding steroid dienone is 1. The third kappa shape index (κ3) is 3.62. The Balaban J connectivity index is 2.58. The lowest BCUT2D eigenvalue weighted by Crippen LogP contribution is -2.22. The zero-order valence-corrected chi connectivity index (χ0v) is 9.22. The van der Waals surface area contributed by atoms with Crippen molar-refractivity contribution in [1.82, 2.24) is 0 Å². The van der Waals surface area contributed by atoms with Crippen molar-refractivity contribution in [1.29, 1.82) is 0 Å².